The molecule has 0 aliphatic rings. The minimum Gasteiger partial charge on any atom is -0.462 e. The van der Waals surface area contributed by atoms with Crippen molar-refractivity contribution in [3.63, 3.8) is 0 Å². The third kappa shape index (κ3) is 4.07. The van der Waals surface area contributed by atoms with Gasteiger partial charge in [-0.25, -0.2) is 4.79 Å². The molecule has 1 amide bonds. The highest BCUT2D eigenvalue weighted by molar-refractivity contribution is 7.99. The number of carbonyl (C=O) groups excluding carboxylic acids is 2. The van der Waals surface area contributed by atoms with Gasteiger partial charge in [-0.1, -0.05) is 30.0 Å². The molecule has 0 bridgehead atoms. The lowest BCUT2D eigenvalue weighted by Crippen LogP contribution is -2.14. The van der Waals surface area contributed by atoms with Crippen molar-refractivity contribution in [2.45, 2.75) is 12.1 Å². The summed E-state index contributed by atoms with van der Waals surface area (Å²) >= 11 is 1.32. The number of pyridine rings is 1. The number of carbonyl (C=O) groups is 2. The molecule has 0 fully saturated rings. The number of hydrogen-bond donors (Lipinski definition) is 1. The van der Waals surface area contributed by atoms with E-state index in [4.69, 9.17) is 4.74 Å². The van der Waals surface area contributed by atoms with Gasteiger partial charge in [0.15, 0.2) is 10.8 Å². The number of para-hydroxylation sites is 1. The summed E-state index contributed by atoms with van der Waals surface area (Å²) in [5.74, 6) is -0.369. The molecule has 2 aromatic carbocycles. The highest BCUT2D eigenvalue weighted by Gasteiger charge is 2.12. The second-order valence-electron chi connectivity index (χ2n) is 6.20. The van der Waals surface area contributed by atoms with Crippen molar-refractivity contribution in [2.24, 2.45) is 0 Å². The molecule has 0 unspecified atom stereocenters. The van der Waals surface area contributed by atoms with Crippen LogP contribution in [0.2, 0.25) is 0 Å². The predicted molar refractivity (Wildman–Crippen MR) is 112 cm³/mol. The maximum Gasteiger partial charge on any atom is 0.338 e. The Hall–Kier alpha value is -3.39. The van der Waals surface area contributed by atoms with Crippen molar-refractivity contribution in [2.75, 3.05) is 17.7 Å². The van der Waals surface area contributed by atoms with Crippen LogP contribution >= 0.6 is 11.8 Å². The van der Waals surface area contributed by atoms with E-state index in [0.29, 0.717) is 23.0 Å². The topological polar surface area (TPSA) is 85.6 Å². The highest BCUT2D eigenvalue weighted by atomic mass is 32.2. The fourth-order valence-corrected chi connectivity index (χ4v) is 3.69. The zero-order valence-electron chi connectivity index (χ0n) is 15.7. The first-order chi connectivity index (χ1) is 14.2. The number of fused-ring (bicyclic) bond motifs is 3. The molecule has 4 rings (SSSR count). The Labute approximate surface area is 171 Å². The molecule has 0 atom stereocenters. The first kappa shape index (κ1) is 18.9. The van der Waals surface area contributed by atoms with E-state index >= 15 is 0 Å². The quantitative estimate of drug-likeness (QED) is 0.387. The van der Waals surface area contributed by atoms with Gasteiger partial charge in [0.2, 0.25) is 5.91 Å². The number of aromatic nitrogens is 3. The summed E-state index contributed by atoms with van der Waals surface area (Å²) in [6, 6.07) is 18.5. The Balaban J connectivity index is 1.44. The maximum absolute atomic E-state index is 12.3. The molecule has 0 aliphatic carbocycles. The van der Waals surface area contributed by atoms with Crippen molar-refractivity contribution in [3.05, 3.63) is 66.2 Å². The zero-order valence-corrected chi connectivity index (χ0v) is 16.5. The Bertz CT molecular complexity index is 1190. The minimum absolute atomic E-state index is 0.170. The molecule has 0 aliphatic heterocycles. The molecule has 1 N–H and O–H groups in total. The van der Waals surface area contributed by atoms with E-state index in [1.807, 2.05) is 40.8 Å². The van der Waals surface area contributed by atoms with Crippen molar-refractivity contribution in [1.82, 2.24) is 14.6 Å². The number of benzene rings is 2. The first-order valence-electron chi connectivity index (χ1n) is 9.08. The fourth-order valence-electron chi connectivity index (χ4n) is 2.94. The average Bonchev–Trinajstić information content (AvgIpc) is 3.16. The Kier molecular flexibility index (Phi) is 5.44. The predicted octanol–water partition coefficient (Wildman–Crippen LogP) is 3.79. The van der Waals surface area contributed by atoms with Crippen LogP contribution in [0.15, 0.2) is 65.8 Å². The van der Waals surface area contributed by atoms with E-state index in [1.54, 1.807) is 31.2 Å². The second-order valence-corrected chi connectivity index (χ2v) is 7.15. The first-order valence-corrected chi connectivity index (χ1v) is 10.1. The summed E-state index contributed by atoms with van der Waals surface area (Å²) in [6.45, 7) is 2.08. The smallest absolute Gasteiger partial charge is 0.338 e. The monoisotopic (exact) mass is 406 g/mol. The number of rotatable bonds is 6. The molecular formula is C21H18N4O3S. The van der Waals surface area contributed by atoms with Gasteiger partial charge < -0.3 is 10.1 Å². The summed E-state index contributed by atoms with van der Waals surface area (Å²) in [5.41, 5.74) is 2.79. The molecule has 2 aromatic heterocycles. The van der Waals surface area contributed by atoms with Crippen LogP contribution in [0.5, 0.6) is 0 Å². The number of ether oxygens (including phenoxy) is 1. The average molecular weight is 406 g/mol. The molecular weight excluding hydrogens is 388 g/mol. The summed E-state index contributed by atoms with van der Waals surface area (Å²) in [6.07, 6.45) is 0. The van der Waals surface area contributed by atoms with Crippen LogP contribution in [0.3, 0.4) is 0 Å². The van der Waals surface area contributed by atoms with Gasteiger partial charge >= 0.3 is 5.97 Å². The third-order valence-electron chi connectivity index (χ3n) is 4.26. The SMILES string of the molecule is CCOC(=O)c1ccc(NC(=O)CSc2nnc3ccc4ccccc4n23)cc1. The summed E-state index contributed by atoms with van der Waals surface area (Å²) in [4.78, 5) is 24.0. The molecule has 2 heterocycles. The highest BCUT2D eigenvalue weighted by Crippen LogP contribution is 2.23. The normalized spacial score (nSPS) is 10.9. The number of nitrogens with zero attached hydrogens (tertiary/aromatic N) is 3. The van der Waals surface area contributed by atoms with Crippen molar-refractivity contribution >= 4 is 45.9 Å². The summed E-state index contributed by atoms with van der Waals surface area (Å²) in [5, 5.41) is 13.0. The van der Waals surface area contributed by atoms with Crippen LogP contribution in [0.25, 0.3) is 16.6 Å². The van der Waals surface area contributed by atoms with Gasteiger partial charge in [0.25, 0.3) is 0 Å². The van der Waals surface area contributed by atoms with Crippen LogP contribution in [-0.2, 0) is 9.53 Å². The number of hydrogen-bond acceptors (Lipinski definition) is 6. The lowest BCUT2D eigenvalue weighted by molar-refractivity contribution is -0.113. The lowest BCUT2D eigenvalue weighted by Gasteiger charge is -2.07. The molecule has 146 valence electrons. The largest absolute Gasteiger partial charge is 0.462 e. The standard InChI is InChI=1S/C21H18N4O3S/c1-2-28-20(27)15-7-10-16(11-8-15)22-19(26)13-29-21-24-23-18-12-9-14-5-3-4-6-17(14)25(18)21/h3-12H,2,13H2,1H3,(H,22,26). The van der Waals surface area contributed by atoms with E-state index < -0.39 is 0 Å². The Morgan fingerprint density at radius 3 is 2.62 bits per heavy atom. The third-order valence-corrected chi connectivity index (χ3v) is 5.19. The zero-order chi connectivity index (χ0) is 20.2. The van der Waals surface area contributed by atoms with Gasteiger partial charge in [-0.2, -0.15) is 0 Å². The fraction of sp³-hybridized carbons (Fsp3) is 0.143. The summed E-state index contributed by atoms with van der Waals surface area (Å²) < 4.78 is 6.90. The van der Waals surface area contributed by atoms with Gasteiger partial charge in [0, 0.05) is 5.69 Å². The lowest BCUT2D eigenvalue weighted by atomic mass is 10.2. The molecule has 0 spiro atoms. The van der Waals surface area contributed by atoms with E-state index in [1.165, 1.54) is 11.8 Å². The number of amides is 1. The van der Waals surface area contributed by atoms with Gasteiger partial charge in [-0.05, 0) is 54.8 Å². The molecule has 0 saturated heterocycles. The number of anilines is 1. The van der Waals surface area contributed by atoms with E-state index in [2.05, 4.69) is 15.5 Å². The van der Waals surface area contributed by atoms with E-state index in [0.717, 1.165) is 16.6 Å². The van der Waals surface area contributed by atoms with Gasteiger partial charge in [-0.3, -0.25) is 9.20 Å². The number of thioether (sulfide) groups is 1. The molecule has 4 aromatic rings. The molecule has 29 heavy (non-hydrogen) atoms. The Morgan fingerprint density at radius 1 is 1.03 bits per heavy atom. The van der Waals surface area contributed by atoms with Crippen LogP contribution in [0, 0.1) is 0 Å². The molecule has 7 nitrogen and oxygen atoms in total. The number of esters is 1. The van der Waals surface area contributed by atoms with Gasteiger partial charge in [-0.15, -0.1) is 10.2 Å². The van der Waals surface area contributed by atoms with Crippen LogP contribution in [-0.4, -0.2) is 38.8 Å². The maximum atomic E-state index is 12.3. The Morgan fingerprint density at radius 2 is 1.83 bits per heavy atom. The van der Waals surface area contributed by atoms with Gasteiger partial charge in [0.1, 0.15) is 0 Å². The second kappa shape index (κ2) is 8.32. The molecule has 0 saturated carbocycles. The van der Waals surface area contributed by atoms with Crippen LogP contribution < -0.4 is 5.32 Å². The van der Waals surface area contributed by atoms with Gasteiger partial charge in [0.05, 0.1) is 23.4 Å². The van der Waals surface area contributed by atoms with Crippen molar-refractivity contribution in [3.8, 4) is 0 Å². The van der Waals surface area contributed by atoms with E-state index in [-0.39, 0.29) is 17.6 Å². The van der Waals surface area contributed by atoms with Crippen LogP contribution in [0.1, 0.15) is 17.3 Å². The van der Waals surface area contributed by atoms with Crippen LogP contribution in [0.4, 0.5) is 5.69 Å². The molecule has 0 radical (unpaired) electrons. The summed E-state index contributed by atoms with van der Waals surface area (Å²) in [7, 11) is 0. The number of nitrogens with one attached hydrogen (secondary N) is 1. The van der Waals surface area contributed by atoms with Crippen molar-refractivity contribution in [1.29, 1.82) is 0 Å². The minimum atomic E-state index is -0.383. The molecule has 8 heteroatoms. The van der Waals surface area contributed by atoms with E-state index in [9.17, 15) is 9.59 Å². The van der Waals surface area contributed by atoms with Crippen molar-refractivity contribution < 1.29 is 14.3 Å².